The first-order chi connectivity index (χ1) is 9.90. The van der Waals surface area contributed by atoms with E-state index in [2.05, 4.69) is 4.74 Å². The number of benzene rings is 1. The van der Waals surface area contributed by atoms with Gasteiger partial charge < -0.3 is 9.84 Å². The molecule has 1 aromatic carbocycles. The van der Waals surface area contributed by atoms with Crippen molar-refractivity contribution < 1.29 is 23.0 Å². The van der Waals surface area contributed by atoms with Crippen LogP contribution < -0.4 is 4.74 Å². The van der Waals surface area contributed by atoms with Crippen LogP contribution in [-0.2, 0) is 6.42 Å². The van der Waals surface area contributed by atoms with Crippen LogP contribution >= 0.6 is 0 Å². The molecule has 21 heavy (non-hydrogen) atoms. The maximum absolute atomic E-state index is 12.1. The monoisotopic (exact) mass is 300 g/mol. The van der Waals surface area contributed by atoms with Crippen LogP contribution in [0, 0.1) is 17.8 Å². The number of halogens is 3. The number of fused-ring (bicyclic) bond motifs is 2. The van der Waals surface area contributed by atoms with Gasteiger partial charge in [-0.05, 0) is 61.1 Å². The molecule has 2 nitrogen and oxygen atoms in total. The van der Waals surface area contributed by atoms with E-state index in [4.69, 9.17) is 0 Å². The Morgan fingerprint density at radius 3 is 2.38 bits per heavy atom. The van der Waals surface area contributed by atoms with Crippen LogP contribution in [0.25, 0.3) is 0 Å². The van der Waals surface area contributed by atoms with E-state index in [1.807, 2.05) is 0 Å². The Labute approximate surface area is 121 Å². The predicted molar refractivity (Wildman–Crippen MR) is 71.8 cm³/mol. The predicted octanol–water partition coefficient (Wildman–Crippen LogP) is 3.92. The minimum Gasteiger partial charge on any atom is -0.406 e. The second-order valence-corrected chi connectivity index (χ2v) is 6.30. The number of rotatable bonds is 4. The first-order valence-electron chi connectivity index (χ1n) is 7.43. The molecular formula is C16H19F3O2. The molecule has 1 N–H and O–H groups in total. The van der Waals surface area contributed by atoms with Crippen LogP contribution in [0.5, 0.6) is 5.75 Å². The van der Waals surface area contributed by atoms with E-state index in [1.165, 1.54) is 31.4 Å². The summed E-state index contributed by atoms with van der Waals surface area (Å²) in [5.74, 6) is 1.55. The summed E-state index contributed by atoms with van der Waals surface area (Å²) < 4.78 is 40.1. The summed E-state index contributed by atoms with van der Waals surface area (Å²) in [6, 6.07) is 5.79. The van der Waals surface area contributed by atoms with Gasteiger partial charge in [-0.25, -0.2) is 0 Å². The van der Waals surface area contributed by atoms with Gasteiger partial charge in [-0.15, -0.1) is 13.2 Å². The zero-order chi connectivity index (χ0) is 15.0. The van der Waals surface area contributed by atoms with Crippen LogP contribution in [0.2, 0.25) is 0 Å². The quantitative estimate of drug-likeness (QED) is 0.913. The highest BCUT2D eigenvalue weighted by molar-refractivity contribution is 5.28. The zero-order valence-corrected chi connectivity index (χ0v) is 11.6. The number of aliphatic hydroxyl groups excluding tert-OH is 1. The fraction of sp³-hybridized carbons (Fsp3) is 0.625. The van der Waals surface area contributed by atoms with E-state index in [-0.39, 0.29) is 5.75 Å². The largest absolute Gasteiger partial charge is 0.573 e. The van der Waals surface area contributed by atoms with E-state index < -0.39 is 12.5 Å². The lowest BCUT2D eigenvalue weighted by Gasteiger charge is -2.26. The van der Waals surface area contributed by atoms with Gasteiger partial charge >= 0.3 is 6.36 Å². The molecule has 0 radical (unpaired) electrons. The summed E-state index contributed by atoms with van der Waals surface area (Å²) in [6.45, 7) is 0. The molecule has 2 bridgehead atoms. The van der Waals surface area contributed by atoms with E-state index in [0.29, 0.717) is 18.3 Å². The van der Waals surface area contributed by atoms with Crippen molar-refractivity contribution in [3.8, 4) is 5.75 Å². The summed E-state index contributed by atoms with van der Waals surface area (Å²) in [5, 5.41) is 10.4. The molecule has 1 aromatic rings. The summed E-state index contributed by atoms with van der Waals surface area (Å²) in [5.41, 5.74) is 0.847. The first kappa shape index (κ1) is 14.7. The molecule has 0 aliphatic heterocycles. The summed E-state index contributed by atoms with van der Waals surface area (Å²) in [6.07, 6.45) is 0.280. The second kappa shape index (κ2) is 5.52. The number of alkyl halides is 3. The van der Waals surface area contributed by atoms with Crippen molar-refractivity contribution in [3.63, 3.8) is 0 Å². The van der Waals surface area contributed by atoms with Gasteiger partial charge in [-0.1, -0.05) is 18.6 Å². The molecule has 2 saturated carbocycles. The standard InChI is InChI=1S/C16H19F3O2/c17-16(18,19)21-13-5-2-10(3-6-13)9-15(20)14-8-11-1-4-12(14)7-11/h2-3,5-6,11-12,14-15,20H,1,4,7-9H2. The van der Waals surface area contributed by atoms with Crippen LogP contribution in [0.4, 0.5) is 13.2 Å². The molecule has 0 amide bonds. The Morgan fingerprint density at radius 1 is 1.14 bits per heavy atom. The molecule has 0 spiro atoms. The Hall–Kier alpha value is -1.23. The molecular weight excluding hydrogens is 281 g/mol. The molecule has 2 aliphatic carbocycles. The van der Waals surface area contributed by atoms with Crippen molar-refractivity contribution in [3.05, 3.63) is 29.8 Å². The minimum absolute atomic E-state index is 0.222. The van der Waals surface area contributed by atoms with Crippen molar-refractivity contribution in [2.24, 2.45) is 17.8 Å². The van der Waals surface area contributed by atoms with Gasteiger partial charge in [-0.3, -0.25) is 0 Å². The number of ether oxygens (including phenoxy) is 1. The van der Waals surface area contributed by atoms with Crippen molar-refractivity contribution >= 4 is 0 Å². The summed E-state index contributed by atoms with van der Waals surface area (Å²) >= 11 is 0. The third-order valence-corrected chi connectivity index (χ3v) is 4.89. The van der Waals surface area contributed by atoms with Crippen molar-refractivity contribution in [2.75, 3.05) is 0 Å². The average molecular weight is 300 g/mol. The average Bonchev–Trinajstić information content (AvgIpc) is 3.01. The van der Waals surface area contributed by atoms with Crippen LogP contribution in [0.3, 0.4) is 0 Å². The highest BCUT2D eigenvalue weighted by Gasteiger charge is 2.42. The molecule has 2 fully saturated rings. The smallest absolute Gasteiger partial charge is 0.406 e. The van der Waals surface area contributed by atoms with E-state index in [0.717, 1.165) is 17.9 Å². The Balaban J connectivity index is 1.57. The van der Waals surface area contributed by atoms with E-state index in [1.54, 1.807) is 12.1 Å². The highest BCUT2D eigenvalue weighted by atomic mass is 19.4. The van der Waals surface area contributed by atoms with Crippen molar-refractivity contribution in [1.29, 1.82) is 0 Å². The molecule has 2 aliphatic rings. The lowest BCUT2D eigenvalue weighted by atomic mass is 9.82. The van der Waals surface area contributed by atoms with Gasteiger partial charge in [0, 0.05) is 0 Å². The maximum atomic E-state index is 12.1. The zero-order valence-electron chi connectivity index (χ0n) is 11.6. The topological polar surface area (TPSA) is 29.5 Å². The lowest BCUT2D eigenvalue weighted by Crippen LogP contribution is -2.27. The van der Waals surface area contributed by atoms with Gasteiger partial charge in [0.1, 0.15) is 5.75 Å². The van der Waals surface area contributed by atoms with E-state index >= 15 is 0 Å². The number of hydrogen-bond acceptors (Lipinski definition) is 2. The first-order valence-corrected chi connectivity index (χ1v) is 7.43. The maximum Gasteiger partial charge on any atom is 0.573 e. The van der Waals surface area contributed by atoms with Gasteiger partial charge in [0.05, 0.1) is 6.10 Å². The second-order valence-electron chi connectivity index (χ2n) is 6.30. The Morgan fingerprint density at radius 2 is 1.86 bits per heavy atom. The SMILES string of the molecule is OC(Cc1ccc(OC(F)(F)F)cc1)C1CC2CCC1C2. The van der Waals surface area contributed by atoms with Crippen LogP contribution in [0.1, 0.15) is 31.2 Å². The van der Waals surface area contributed by atoms with E-state index in [9.17, 15) is 18.3 Å². The highest BCUT2D eigenvalue weighted by Crippen LogP contribution is 2.49. The molecule has 4 atom stereocenters. The summed E-state index contributed by atoms with van der Waals surface area (Å²) in [4.78, 5) is 0. The third kappa shape index (κ3) is 3.51. The van der Waals surface area contributed by atoms with Crippen LogP contribution in [0.15, 0.2) is 24.3 Å². The molecule has 3 rings (SSSR count). The van der Waals surface area contributed by atoms with Crippen molar-refractivity contribution in [2.45, 2.75) is 44.6 Å². The Bertz CT molecular complexity index is 483. The van der Waals surface area contributed by atoms with Gasteiger partial charge in [0.25, 0.3) is 0 Å². The molecule has 0 saturated heterocycles. The number of hydrogen-bond donors (Lipinski definition) is 1. The van der Waals surface area contributed by atoms with Gasteiger partial charge in [-0.2, -0.15) is 0 Å². The lowest BCUT2D eigenvalue weighted by molar-refractivity contribution is -0.274. The van der Waals surface area contributed by atoms with Crippen molar-refractivity contribution in [1.82, 2.24) is 0 Å². The fourth-order valence-corrected chi connectivity index (χ4v) is 3.99. The molecule has 5 heteroatoms. The minimum atomic E-state index is -4.66. The fourth-order valence-electron chi connectivity index (χ4n) is 3.99. The molecule has 116 valence electrons. The Kier molecular flexibility index (Phi) is 3.86. The molecule has 0 heterocycles. The summed E-state index contributed by atoms with van der Waals surface area (Å²) in [7, 11) is 0. The third-order valence-electron chi connectivity index (χ3n) is 4.89. The van der Waals surface area contributed by atoms with Gasteiger partial charge in [0.2, 0.25) is 0 Å². The molecule has 0 aromatic heterocycles. The van der Waals surface area contributed by atoms with Crippen LogP contribution in [-0.4, -0.2) is 17.6 Å². The van der Waals surface area contributed by atoms with Gasteiger partial charge in [0.15, 0.2) is 0 Å². The normalized spacial score (nSPS) is 29.6. The molecule has 4 unspecified atom stereocenters. The number of aliphatic hydroxyl groups is 1.